The number of ether oxygens (including phenoxy) is 2. The van der Waals surface area contributed by atoms with Gasteiger partial charge in [-0.1, -0.05) is 68.4 Å². The minimum atomic E-state index is -0.886. The second kappa shape index (κ2) is 17.2. The number of benzene rings is 2. The third-order valence-electron chi connectivity index (χ3n) is 12.8. The fourth-order valence-electron chi connectivity index (χ4n) is 9.67. The lowest BCUT2D eigenvalue weighted by Gasteiger charge is -2.30. The van der Waals surface area contributed by atoms with Crippen molar-refractivity contribution in [3.05, 3.63) is 102 Å². The molecule has 2 unspecified atom stereocenters. The van der Waals surface area contributed by atoms with E-state index >= 15 is 0 Å². The predicted octanol–water partition coefficient (Wildman–Crippen LogP) is 7.52. The van der Waals surface area contributed by atoms with E-state index in [9.17, 15) is 14.4 Å². The van der Waals surface area contributed by atoms with E-state index in [1.165, 1.54) is 14.2 Å². The van der Waals surface area contributed by atoms with Crippen LogP contribution in [0.4, 0.5) is 4.79 Å². The van der Waals surface area contributed by atoms with Crippen LogP contribution < -0.4 is 10.6 Å². The molecule has 3 aliphatic rings. The summed E-state index contributed by atoms with van der Waals surface area (Å²) in [4.78, 5) is 62.4. The second-order valence-corrected chi connectivity index (χ2v) is 16.6. The summed E-state index contributed by atoms with van der Waals surface area (Å²) in [5.41, 5.74) is 8.10. The van der Waals surface area contributed by atoms with E-state index in [2.05, 4.69) is 99.0 Å². The number of alkyl carbamates (subject to hydrolysis) is 1. The molecule has 13 heteroatoms. The zero-order valence-corrected chi connectivity index (χ0v) is 34.4. The Bertz CT molecular complexity index is 2270. The summed E-state index contributed by atoms with van der Waals surface area (Å²) in [7, 11) is 2.77. The van der Waals surface area contributed by atoms with Gasteiger partial charge in [0.2, 0.25) is 11.8 Å². The molecular weight excluding hydrogens is 745 g/mol. The molecule has 0 spiro atoms. The minimum absolute atomic E-state index is 0.0803. The molecule has 4 N–H and O–H groups in total. The summed E-state index contributed by atoms with van der Waals surface area (Å²) in [6.07, 6.45) is 9.18. The molecule has 2 bridgehead atoms. The molecular formula is C46H54N8O5. The average molecular weight is 799 g/mol. The number of aromatic nitrogens is 5. The van der Waals surface area contributed by atoms with Crippen LogP contribution in [-0.2, 0) is 25.6 Å². The number of rotatable bonds is 13. The van der Waals surface area contributed by atoms with Gasteiger partial charge in [-0.05, 0) is 90.7 Å². The molecule has 308 valence electrons. The molecule has 3 aromatic heterocycles. The van der Waals surface area contributed by atoms with E-state index in [1.807, 2.05) is 18.5 Å². The molecule has 5 aromatic rings. The number of imidazole rings is 2. The van der Waals surface area contributed by atoms with Crippen molar-refractivity contribution < 1.29 is 23.9 Å². The van der Waals surface area contributed by atoms with Gasteiger partial charge in [-0.2, -0.15) is 0 Å². The highest BCUT2D eigenvalue weighted by atomic mass is 16.5. The van der Waals surface area contributed by atoms with Gasteiger partial charge in [0, 0.05) is 38.0 Å². The van der Waals surface area contributed by atoms with Gasteiger partial charge < -0.3 is 35.0 Å². The lowest BCUT2D eigenvalue weighted by atomic mass is 9.78. The number of fused-ring (bicyclic) bond motifs is 2. The highest BCUT2D eigenvalue weighted by molar-refractivity contribution is 5.87. The van der Waals surface area contributed by atoms with E-state index in [-0.39, 0.29) is 29.7 Å². The minimum Gasteiger partial charge on any atom is -0.453 e. The summed E-state index contributed by atoms with van der Waals surface area (Å²) < 4.78 is 10.2. The van der Waals surface area contributed by atoms with Crippen molar-refractivity contribution in [3.63, 3.8) is 0 Å². The van der Waals surface area contributed by atoms with Gasteiger partial charge in [-0.15, -0.1) is 0 Å². The molecule has 2 aliphatic carbocycles. The summed E-state index contributed by atoms with van der Waals surface area (Å²) in [5.74, 6) is 2.61. The quantitative estimate of drug-likeness (QED) is 0.0949. The molecule has 8 rings (SSSR count). The van der Waals surface area contributed by atoms with E-state index < -0.39 is 18.2 Å². The number of hydrogen-bond acceptors (Lipinski definition) is 8. The standard InChI is InChI=1S/C46H54N8O5/c1-26(2)40-34(8-6-20-47-40)23-50-44(55)39-33-19-18-32(22-33)38(39)43-49-25-36(52-43)31-16-12-29(13-17-31)28-10-14-30(15-11-28)35-24-48-42(51-35)37-9-7-21-54(37)45(56)41(27(3)58-4)53-46(57)59-5/h6,8,10-17,20,24-27,32-33,37-39,41H,7,9,18-19,21-23H2,1-5H3,(H,48,51)(H,49,52)(H,50,55)(H,53,57)/t27-,32?,33?,37+,38-,39-,41+/m1/s1. The first-order valence-electron chi connectivity index (χ1n) is 20.8. The maximum atomic E-state index is 13.8. The van der Waals surface area contributed by atoms with Gasteiger partial charge in [0.1, 0.15) is 17.7 Å². The van der Waals surface area contributed by atoms with Gasteiger partial charge in [-0.25, -0.2) is 14.8 Å². The van der Waals surface area contributed by atoms with E-state index in [0.29, 0.717) is 36.7 Å². The topological polar surface area (TPSA) is 167 Å². The first-order valence-corrected chi connectivity index (χ1v) is 20.8. The summed E-state index contributed by atoms with van der Waals surface area (Å²) in [6, 6.07) is 19.6. The second-order valence-electron chi connectivity index (χ2n) is 16.6. The predicted molar refractivity (Wildman–Crippen MR) is 224 cm³/mol. The lowest BCUT2D eigenvalue weighted by Crippen LogP contribution is -2.54. The summed E-state index contributed by atoms with van der Waals surface area (Å²) >= 11 is 0. The molecule has 4 heterocycles. The number of carbonyl (C=O) groups is 3. The van der Waals surface area contributed by atoms with Crippen LogP contribution in [0.5, 0.6) is 0 Å². The third kappa shape index (κ3) is 8.12. The Morgan fingerprint density at radius 3 is 2.08 bits per heavy atom. The van der Waals surface area contributed by atoms with Crippen molar-refractivity contribution in [3.8, 4) is 33.6 Å². The number of pyridine rings is 1. The van der Waals surface area contributed by atoms with Crippen molar-refractivity contribution in [1.82, 2.24) is 40.5 Å². The van der Waals surface area contributed by atoms with Crippen LogP contribution in [0.1, 0.15) is 93.7 Å². The molecule has 3 amide bonds. The largest absolute Gasteiger partial charge is 0.453 e. The number of amides is 3. The van der Waals surface area contributed by atoms with Crippen LogP contribution in [0.3, 0.4) is 0 Å². The first-order chi connectivity index (χ1) is 28.6. The van der Waals surface area contributed by atoms with Gasteiger partial charge in [0.25, 0.3) is 0 Å². The van der Waals surface area contributed by atoms with Gasteiger partial charge in [-0.3, -0.25) is 14.6 Å². The zero-order valence-electron chi connectivity index (χ0n) is 34.4. The number of nitrogens with zero attached hydrogens (tertiary/aromatic N) is 4. The van der Waals surface area contributed by atoms with Gasteiger partial charge >= 0.3 is 6.09 Å². The molecule has 7 atom stereocenters. The number of hydrogen-bond donors (Lipinski definition) is 4. The van der Waals surface area contributed by atoms with Crippen molar-refractivity contribution in [2.45, 2.75) is 89.4 Å². The normalized spacial score (nSPS) is 22.1. The number of nitrogens with one attached hydrogen (secondary N) is 4. The van der Waals surface area contributed by atoms with Gasteiger partial charge in [0.15, 0.2) is 0 Å². The number of likely N-dealkylation sites (tertiary alicyclic amines) is 1. The fraction of sp³-hybridized carbons (Fsp3) is 0.435. The Hall–Kier alpha value is -5.82. The van der Waals surface area contributed by atoms with Crippen molar-refractivity contribution >= 4 is 17.9 Å². The zero-order chi connectivity index (χ0) is 41.2. The maximum absolute atomic E-state index is 13.8. The molecule has 0 radical (unpaired) electrons. The summed E-state index contributed by atoms with van der Waals surface area (Å²) in [6.45, 7) is 7.05. The molecule has 3 fully saturated rings. The average Bonchev–Trinajstić information content (AvgIpc) is 4.13. The Morgan fingerprint density at radius 1 is 0.814 bits per heavy atom. The smallest absolute Gasteiger partial charge is 0.407 e. The van der Waals surface area contributed by atoms with Crippen LogP contribution in [-0.4, -0.2) is 80.6 Å². The Kier molecular flexibility index (Phi) is 11.6. The summed E-state index contributed by atoms with van der Waals surface area (Å²) in [5, 5.41) is 5.90. The highest BCUT2D eigenvalue weighted by Gasteiger charge is 2.52. The van der Waals surface area contributed by atoms with E-state index in [4.69, 9.17) is 14.5 Å². The van der Waals surface area contributed by atoms with Crippen LogP contribution in [0.25, 0.3) is 33.6 Å². The number of carbonyl (C=O) groups excluding carboxylic acids is 3. The molecule has 59 heavy (non-hydrogen) atoms. The molecule has 1 aliphatic heterocycles. The van der Waals surface area contributed by atoms with Crippen molar-refractivity contribution in [1.29, 1.82) is 0 Å². The van der Waals surface area contributed by atoms with Gasteiger partial charge in [0.05, 0.1) is 49.0 Å². The molecule has 1 saturated heterocycles. The monoisotopic (exact) mass is 798 g/mol. The van der Waals surface area contributed by atoms with E-state index in [0.717, 1.165) is 82.8 Å². The van der Waals surface area contributed by atoms with Crippen LogP contribution in [0.2, 0.25) is 0 Å². The number of aromatic amines is 2. The SMILES string of the molecule is COC(=O)N[C@H](C(=O)N1CCC[C@H]1c1ncc(-c2ccc(-c3ccc(-c4cnc([C@@H]5C6CCC(C6)[C@H]5C(=O)NCc5cccnc5C(C)C)[nH]4)cc3)cc2)[nH]1)[C@@H](C)OC. The van der Waals surface area contributed by atoms with Crippen LogP contribution in [0.15, 0.2) is 79.3 Å². The Labute approximate surface area is 345 Å². The third-order valence-corrected chi connectivity index (χ3v) is 12.8. The van der Waals surface area contributed by atoms with E-state index in [1.54, 1.807) is 18.0 Å². The molecule has 2 saturated carbocycles. The Balaban J connectivity index is 0.916. The van der Waals surface area contributed by atoms with Crippen LogP contribution in [0, 0.1) is 17.8 Å². The number of H-pyrrole nitrogens is 2. The Morgan fingerprint density at radius 2 is 1.44 bits per heavy atom. The van der Waals surface area contributed by atoms with Crippen molar-refractivity contribution in [2.75, 3.05) is 20.8 Å². The lowest BCUT2D eigenvalue weighted by molar-refractivity contribution is -0.137. The highest BCUT2D eigenvalue weighted by Crippen LogP contribution is 2.56. The fourth-order valence-corrected chi connectivity index (χ4v) is 9.67. The van der Waals surface area contributed by atoms with Crippen molar-refractivity contribution in [2.24, 2.45) is 17.8 Å². The first kappa shape index (κ1) is 40.0. The van der Waals surface area contributed by atoms with Crippen LogP contribution >= 0.6 is 0 Å². The molecule has 2 aromatic carbocycles. The number of methoxy groups -OCH3 is 2. The molecule has 13 nitrogen and oxygen atoms in total. The maximum Gasteiger partial charge on any atom is 0.407 e.